The molecule has 1 aromatic carbocycles. The average Bonchev–Trinajstić information content (AvgIpc) is 2.47. The summed E-state index contributed by atoms with van der Waals surface area (Å²) in [6.45, 7) is 1.13. The van der Waals surface area contributed by atoms with Crippen molar-refractivity contribution in [3.05, 3.63) is 24.3 Å². The van der Waals surface area contributed by atoms with Gasteiger partial charge in [0.2, 0.25) is 5.91 Å². The fraction of sp³-hybridized carbons (Fsp3) is 0.500. The Morgan fingerprint density at radius 2 is 1.75 bits per heavy atom. The summed E-state index contributed by atoms with van der Waals surface area (Å²) < 4.78 is 10.4. The predicted molar refractivity (Wildman–Crippen MR) is 73.8 cm³/mol. The molecule has 3 N–H and O–H groups in total. The van der Waals surface area contributed by atoms with Gasteiger partial charge >= 0.3 is 0 Å². The number of ether oxygens (including phenoxy) is 2. The van der Waals surface area contributed by atoms with Gasteiger partial charge in [0.05, 0.1) is 38.9 Å². The quantitative estimate of drug-likeness (QED) is 0.639. The molecule has 0 aliphatic carbocycles. The fourth-order valence-electron chi connectivity index (χ4n) is 1.46. The third-order valence-corrected chi connectivity index (χ3v) is 2.80. The maximum absolute atomic E-state index is 11.6. The summed E-state index contributed by atoms with van der Waals surface area (Å²) in [7, 11) is 1.58. The van der Waals surface area contributed by atoms with E-state index in [0.29, 0.717) is 5.75 Å². The van der Waals surface area contributed by atoms with Crippen LogP contribution in [0.3, 0.4) is 0 Å². The van der Waals surface area contributed by atoms with Gasteiger partial charge in [-0.1, -0.05) is 0 Å². The minimum atomic E-state index is -1.00. The Morgan fingerprint density at radius 1 is 1.20 bits per heavy atom. The zero-order chi connectivity index (χ0) is 15.0. The number of carbonyl (C=O) groups is 1. The average molecular weight is 283 g/mol. The van der Waals surface area contributed by atoms with Crippen LogP contribution in [0.1, 0.15) is 13.3 Å². The second-order valence-corrected chi connectivity index (χ2v) is 4.70. The highest BCUT2D eigenvalue weighted by Crippen LogP contribution is 2.17. The summed E-state index contributed by atoms with van der Waals surface area (Å²) in [6, 6.07) is 7.04. The number of carbonyl (C=O) groups excluding carboxylic acids is 1. The molecule has 0 heterocycles. The first-order valence-corrected chi connectivity index (χ1v) is 6.32. The second-order valence-electron chi connectivity index (χ2n) is 4.70. The van der Waals surface area contributed by atoms with Crippen molar-refractivity contribution in [2.24, 2.45) is 0 Å². The van der Waals surface area contributed by atoms with Crippen molar-refractivity contribution in [2.75, 3.05) is 26.9 Å². The number of rotatable bonds is 8. The molecule has 1 amide bonds. The van der Waals surface area contributed by atoms with Gasteiger partial charge in [-0.25, -0.2) is 0 Å². The van der Waals surface area contributed by atoms with E-state index in [-0.39, 0.29) is 32.1 Å². The van der Waals surface area contributed by atoms with Crippen molar-refractivity contribution in [1.29, 1.82) is 0 Å². The summed E-state index contributed by atoms with van der Waals surface area (Å²) in [5.41, 5.74) is -1.00. The maximum Gasteiger partial charge on any atom is 0.224 e. The van der Waals surface area contributed by atoms with Crippen molar-refractivity contribution in [3.8, 4) is 11.5 Å². The largest absolute Gasteiger partial charge is 0.497 e. The molecule has 20 heavy (non-hydrogen) atoms. The van der Waals surface area contributed by atoms with E-state index < -0.39 is 5.54 Å². The first-order chi connectivity index (χ1) is 9.53. The minimum absolute atomic E-state index is 0.140. The molecule has 0 atom stereocenters. The van der Waals surface area contributed by atoms with Crippen LogP contribution < -0.4 is 14.8 Å². The first kappa shape index (κ1) is 16.3. The van der Waals surface area contributed by atoms with Gasteiger partial charge in [0, 0.05) is 0 Å². The number of aliphatic hydroxyl groups excluding tert-OH is 2. The fourth-order valence-corrected chi connectivity index (χ4v) is 1.46. The lowest BCUT2D eigenvalue weighted by Gasteiger charge is -2.26. The molecule has 6 nitrogen and oxygen atoms in total. The summed E-state index contributed by atoms with van der Waals surface area (Å²) in [5.74, 6) is 1.09. The van der Waals surface area contributed by atoms with Gasteiger partial charge in [0.15, 0.2) is 0 Å². The van der Waals surface area contributed by atoms with E-state index >= 15 is 0 Å². The lowest BCUT2D eigenvalue weighted by Crippen LogP contribution is -2.51. The molecule has 0 spiro atoms. The Bertz CT molecular complexity index is 414. The maximum atomic E-state index is 11.6. The van der Waals surface area contributed by atoms with Crippen molar-refractivity contribution in [1.82, 2.24) is 5.32 Å². The molecule has 1 aromatic rings. The summed E-state index contributed by atoms with van der Waals surface area (Å²) >= 11 is 0. The van der Waals surface area contributed by atoms with Gasteiger partial charge in [-0.05, 0) is 31.2 Å². The standard InChI is InChI=1S/C14H21NO5/c1-14(9-16,10-17)15-13(18)7-8-20-12-5-3-11(19-2)4-6-12/h3-6,16-17H,7-10H2,1-2H3,(H,15,18). The highest BCUT2D eigenvalue weighted by Gasteiger charge is 2.24. The number of nitrogens with one attached hydrogen (secondary N) is 1. The highest BCUT2D eigenvalue weighted by atomic mass is 16.5. The number of amides is 1. The van der Waals surface area contributed by atoms with Crippen LogP contribution in [0.25, 0.3) is 0 Å². The van der Waals surface area contributed by atoms with Gasteiger partial charge in [-0.3, -0.25) is 4.79 Å². The summed E-state index contributed by atoms with van der Waals surface area (Å²) in [4.78, 5) is 11.6. The van der Waals surface area contributed by atoms with E-state index in [0.717, 1.165) is 5.75 Å². The van der Waals surface area contributed by atoms with Crippen LogP contribution in [0.4, 0.5) is 0 Å². The minimum Gasteiger partial charge on any atom is -0.497 e. The number of hydrogen-bond acceptors (Lipinski definition) is 5. The van der Waals surface area contributed by atoms with Gasteiger partial charge in [0.25, 0.3) is 0 Å². The van der Waals surface area contributed by atoms with Gasteiger partial charge < -0.3 is 25.0 Å². The van der Waals surface area contributed by atoms with Crippen LogP contribution in [-0.4, -0.2) is 48.6 Å². The molecular formula is C14H21NO5. The monoisotopic (exact) mass is 283 g/mol. The predicted octanol–water partition coefficient (Wildman–Crippen LogP) is 0.324. The molecule has 0 unspecified atom stereocenters. The van der Waals surface area contributed by atoms with Crippen LogP contribution in [0, 0.1) is 0 Å². The molecule has 0 aromatic heterocycles. The van der Waals surface area contributed by atoms with E-state index in [1.54, 1.807) is 38.3 Å². The third-order valence-electron chi connectivity index (χ3n) is 2.80. The number of benzene rings is 1. The summed E-state index contributed by atoms with van der Waals surface area (Å²) in [6.07, 6.45) is 0.140. The normalized spacial score (nSPS) is 11.0. The molecule has 0 fully saturated rings. The topological polar surface area (TPSA) is 88.0 Å². The Morgan fingerprint density at radius 3 is 2.25 bits per heavy atom. The van der Waals surface area contributed by atoms with Crippen molar-refractivity contribution >= 4 is 5.91 Å². The third kappa shape index (κ3) is 5.07. The van der Waals surface area contributed by atoms with Crippen molar-refractivity contribution < 1.29 is 24.5 Å². The van der Waals surface area contributed by atoms with Crippen LogP contribution in [-0.2, 0) is 4.79 Å². The smallest absolute Gasteiger partial charge is 0.224 e. The van der Waals surface area contributed by atoms with E-state index in [4.69, 9.17) is 19.7 Å². The molecule has 0 aliphatic heterocycles. The van der Waals surface area contributed by atoms with Crippen LogP contribution in [0.5, 0.6) is 11.5 Å². The first-order valence-electron chi connectivity index (χ1n) is 6.32. The highest BCUT2D eigenvalue weighted by molar-refractivity contribution is 5.76. The molecule has 0 aliphatic rings. The lowest BCUT2D eigenvalue weighted by atomic mass is 10.1. The molecule has 6 heteroatoms. The van der Waals surface area contributed by atoms with Crippen molar-refractivity contribution in [3.63, 3.8) is 0 Å². The molecule has 112 valence electrons. The Kier molecular flexibility index (Phi) is 6.27. The van der Waals surface area contributed by atoms with Crippen LogP contribution in [0.2, 0.25) is 0 Å². The summed E-state index contributed by atoms with van der Waals surface area (Å²) in [5, 5.41) is 20.7. The second kappa shape index (κ2) is 7.72. The molecule has 0 bridgehead atoms. The molecule has 0 saturated heterocycles. The molecule has 1 rings (SSSR count). The molecule has 0 saturated carbocycles. The van der Waals surface area contributed by atoms with Crippen LogP contribution in [0.15, 0.2) is 24.3 Å². The van der Waals surface area contributed by atoms with Gasteiger partial charge in [-0.2, -0.15) is 0 Å². The zero-order valence-electron chi connectivity index (χ0n) is 11.8. The SMILES string of the molecule is COc1ccc(OCCC(=O)NC(C)(CO)CO)cc1. The molecule has 0 radical (unpaired) electrons. The Labute approximate surface area is 118 Å². The zero-order valence-corrected chi connectivity index (χ0v) is 11.8. The van der Waals surface area contributed by atoms with E-state index in [2.05, 4.69) is 5.32 Å². The number of aliphatic hydroxyl groups is 2. The van der Waals surface area contributed by atoms with E-state index in [9.17, 15) is 4.79 Å². The van der Waals surface area contributed by atoms with Gasteiger partial charge in [0.1, 0.15) is 11.5 Å². The number of methoxy groups -OCH3 is 1. The van der Waals surface area contributed by atoms with Crippen molar-refractivity contribution in [2.45, 2.75) is 18.9 Å². The lowest BCUT2D eigenvalue weighted by molar-refractivity contribution is -0.124. The van der Waals surface area contributed by atoms with Crippen LogP contribution >= 0.6 is 0 Å². The van der Waals surface area contributed by atoms with Gasteiger partial charge in [-0.15, -0.1) is 0 Å². The Hall–Kier alpha value is -1.79. The van der Waals surface area contributed by atoms with E-state index in [1.165, 1.54) is 0 Å². The Balaban J connectivity index is 2.34. The van der Waals surface area contributed by atoms with E-state index in [1.807, 2.05) is 0 Å². The number of hydrogen-bond donors (Lipinski definition) is 3. The molecular weight excluding hydrogens is 262 g/mol.